The smallest absolute Gasteiger partial charge is 0.291 e. The Morgan fingerprint density at radius 3 is 2.47 bits per heavy atom. The van der Waals surface area contributed by atoms with E-state index < -0.39 is 0 Å². The number of carbonyl (C=O) groups is 1. The van der Waals surface area contributed by atoms with Gasteiger partial charge in [-0.05, 0) is 54.4 Å². The zero-order valence-corrected chi connectivity index (χ0v) is 21.4. The van der Waals surface area contributed by atoms with E-state index in [0.29, 0.717) is 38.7 Å². The second-order valence-corrected chi connectivity index (χ2v) is 9.98. The van der Waals surface area contributed by atoms with Gasteiger partial charge in [0, 0.05) is 11.1 Å². The summed E-state index contributed by atoms with van der Waals surface area (Å²) in [7, 11) is 0. The number of amides is 1. The molecule has 2 aromatic heterocycles. The van der Waals surface area contributed by atoms with E-state index in [9.17, 15) is 14.0 Å². The Bertz CT molecular complexity index is 1760. The number of halogens is 1. The molecule has 3 aromatic carbocycles. The standard InChI is InChI=1S/C29H23FN4O3S/c1-2-3-16-37-21-14-10-19(11-15-21)26-31-29-34(32-26)28(36)25(38-29)24-22-6-4-5-7-23(22)33(27(24)35)17-18-8-12-20(30)13-9-18/h4-15H,2-3,16-17H2,1H3. The molecule has 0 spiro atoms. The number of hydrogen-bond acceptors (Lipinski definition) is 6. The highest BCUT2D eigenvalue weighted by Crippen LogP contribution is 2.36. The summed E-state index contributed by atoms with van der Waals surface area (Å²) in [6.45, 7) is 3.04. The molecule has 0 bridgehead atoms. The summed E-state index contributed by atoms with van der Waals surface area (Å²) in [4.78, 5) is 33.7. The molecule has 38 heavy (non-hydrogen) atoms. The number of benzene rings is 3. The second-order valence-electron chi connectivity index (χ2n) is 9.00. The zero-order valence-electron chi connectivity index (χ0n) is 20.6. The Hall–Kier alpha value is -4.37. The monoisotopic (exact) mass is 526 g/mol. The van der Waals surface area contributed by atoms with E-state index in [1.165, 1.54) is 16.6 Å². The van der Waals surface area contributed by atoms with Gasteiger partial charge in [0.15, 0.2) is 5.82 Å². The average molecular weight is 527 g/mol. The lowest BCUT2D eigenvalue weighted by Crippen LogP contribution is -2.32. The van der Waals surface area contributed by atoms with Crippen LogP contribution in [0.4, 0.5) is 10.1 Å². The maximum atomic E-state index is 13.6. The van der Waals surface area contributed by atoms with Crippen molar-refractivity contribution in [2.75, 3.05) is 11.5 Å². The number of aromatic nitrogens is 3. The van der Waals surface area contributed by atoms with Gasteiger partial charge < -0.3 is 9.64 Å². The number of rotatable bonds is 7. The number of thiazole rings is 1. The molecule has 0 unspecified atom stereocenters. The van der Waals surface area contributed by atoms with Gasteiger partial charge in [-0.3, -0.25) is 9.59 Å². The van der Waals surface area contributed by atoms with Crippen LogP contribution in [0.5, 0.6) is 5.75 Å². The van der Waals surface area contributed by atoms with E-state index in [0.717, 1.165) is 41.1 Å². The Kier molecular flexibility index (Phi) is 6.21. The van der Waals surface area contributed by atoms with Gasteiger partial charge in [0.2, 0.25) is 4.96 Å². The molecule has 1 aliphatic rings. The van der Waals surface area contributed by atoms with Gasteiger partial charge in [-0.15, -0.1) is 5.10 Å². The lowest BCUT2D eigenvalue weighted by atomic mass is 10.1. The van der Waals surface area contributed by atoms with Crippen LogP contribution in [0, 0.1) is 5.82 Å². The molecule has 7 nitrogen and oxygen atoms in total. The third kappa shape index (κ3) is 4.24. The molecule has 5 aromatic rings. The van der Waals surface area contributed by atoms with Gasteiger partial charge in [-0.1, -0.05) is 55.0 Å². The normalized spacial score (nSPS) is 14.4. The summed E-state index contributed by atoms with van der Waals surface area (Å²) in [5.41, 5.74) is 2.89. The number of nitrogens with zero attached hydrogens (tertiary/aromatic N) is 4. The van der Waals surface area contributed by atoms with Crippen LogP contribution in [-0.4, -0.2) is 27.1 Å². The number of unbranched alkanes of at least 4 members (excludes halogenated alkanes) is 1. The first-order chi connectivity index (χ1) is 18.5. The summed E-state index contributed by atoms with van der Waals surface area (Å²) in [5, 5.41) is 4.44. The lowest BCUT2D eigenvalue weighted by Gasteiger charge is -2.17. The van der Waals surface area contributed by atoms with Crippen LogP contribution in [0.3, 0.4) is 0 Å². The minimum Gasteiger partial charge on any atom is -0.494 e. The third-order valence-corrected chi connectivity index (χ3v) is 7.47. The molecule has 3 heterocycles. The van der Waals surface area contributed by atoms with E-state index in [2.05, 4.69) is 17.0 Å². The van der Waals surface area contributed by atoms with Gasteiger partial charge in [-0.25, -0.2) is 4.39 Å². The predicted octanol–water partition coefficient (Wildman–Crippen LogP) is 4.60. The fourth-order valence-electron chi connectivity index (χ4n) is 4.47. The van der Waals surface area contributed by atoms with Crippen molar-refractivity contribution in [3.05, 3.63) is 105 Å². The maximum absolute atomic E-state index is 13.6. The highest BCUT2D eigenvalue weighted by molar-refractivity contribution is 7.15. The first kappa shape index (κ1) is 24.0. The Morgan fingerprint density at radius 1 is 0.974 bits per heavy atom. The van der Waals surface area contributed by atoms with Crippen molar-refractivity contribution < 1.29 is 13.9 Å². The predicted molar refractivity (Wildman–Crippen MR) is 145 cm³/mol. The molecule has 0 atom stereocenters. The minimum atomic E-state index is -0.384. The highest BCUT2D eigenvalue weighted by atomic mass is 32.1. The van der Waals surface area contributed by atoms with Crippen molar-refractivity contribution in [1.82, 2.24) is 14.6 Å². The molecule has 0 saturated heterocycles. The first-order valence-electron chi connectivity index (χ1n) is 12.4. The van der Waals surface area contributed by atoms with Crippen molar-refractivity contribution in [1.29, 1.82) is 0 Å². The second kappa shape index (κ2) is 9.83. The average Bonchev–Trinajstić information content (AvgIpc) is 3.57. The Labute approximate surface area is 221 Å². The zero-order chi connectivity index (χ0) is 26.2. The number of anilines is 1. The van der Waals surface area contributed by atoms with Crippen LogP contribution in [0.1, 0.15) is 30.9 Å². The molecular formula is C29H23FN4O3S. The van der Waals surface area contributed by atoms with Crippen LogP contribution >= 0.6 is 11.3 Å². The number of fused-ring (bicyclic) bond motifs is 2. The van der Waals surface area contributed by atoms with Gasteiger partial charge in [0.25, 0.3) is 11.5 Å². The van der Waals surface area contributed by atoms with E-state index in [-0.39, 0.29) is 23.8 Å². The number of para-hydroxylation sites is 1. The summed E-state index contributed by atoms with van der Waals surface area (Å²) >= 11 is 1.15. The summed E-state index contributed by atoms with van der Waals surface area (Å²) in [5.74, 6) is 0.585. The number of carbonyl (C=O) groups excluding carboxylic acids is 1. The Morgan fingerprint density at radius 2 is 1.74 bits per heavy atom. The number of hydrogen-bond donors (Lipinski definition) is 0. The van der Waals surface area contributed by atoms with E-state index in [4.69, 9.17) is 4.74 Å². The summed E-state index contributed by atoms with van der Waals surface area (Å²) in [6.07, 6.45) is 2.06. The molecule has 9 heteroatoms. The van der Waals surface area contributed by atoms with Gasteiger partial charge in [-0.2, -0.15) is 9.50 Å². The molecule has 0 fully saturated rings. The highest BCUT2D eigenvalue weighted by Gasteiger charge is 2.34. The van der Waals surface area contributed by atoms with Crippen LogP contribution in [0.25, 0.3) is 21.9 Å². The Balaban J connectivity index is 1.36. The molecule has 1 aliphatic heterocycles. The molecule has 0 aliphatic carbocycles. The molecule has 0 N–H and O–H groups in total. The quantitative estimate of drug-likeness (QED) is 0.290. The van der Waals surface area contributed by atoms with Crippen LogP contribution < -0.4 is 19.7 Å². The van der Waals surface area contributed by atoms with Crippen LogP contribution in [-0.2, 0) is 11.3 Å². The SMILES string of the molecule is CCCCOc1ccc(-c2nc3sc(=C4C(=O)N(Cc5ccc(F)cc5)c5ccccc54)c(=O)n3n2)cc1. The molecule has 6 rings (SSSR count). The third-order valence-electron chi connectivity index (χ3n) is 6.44. The summed E-state index contributed by atoms with van der Waals surface area (Å²) in [6, 6.07) is 20.9. The largest absolute Gasteiger partial charge is 0.494 e. The van der Waals surface area contributed by atoms with Crippen molar-refractivity contribution in [2.24, 2.45) is 0 Å². The molecule has 190 valence electrons. The topological polar surface area (TPSA) is 76.8 Å². The molecule has 0 saturated carbocycles. The first-order valence-corrected chi connectivity index (χ1v) is 13.2. The van der Waals surface area contributed by atoms with Crippen LogP contribution in [0.15, 0.2) is 77.6 Å². The van der Waals surface area contributed by atoms with Crippen molar-refractivity contribution >= 4 is 33.5 Å². The van der Waals surface area contributed by atoms with E-state index in [1.807, 2.05) is 48.5 Å². The maximum Gasteiger partial charge on any atom is 0.291 e. The van der Waals surface area contributed by atoms with Crippen molar-refractivity contribution in [2.45, 2.75) is 26.3 Å². The van der Waals surface area contributed by atoms with Gasteiger partial charge >= 0.3 is 0 Å². The fraction of sp³-hybridized carbons (Fsp3) is 0.172. The lowest BCUT2D eigenvalue weighted by molar-refractivity contribution is -0.113. The van der Waals surface area contributed by atoms with Crippen molar-refractivity contribution in [3.8, 4) is 17.1 Å². The van der Waals surface area contributed by atoms with E-state index >= 15 is 0 Å². The summed E-state index contributed by atoms with van der Waals surface area (Å²) < 4.78 is 20.7. The number of ether oxygens (including phenoxy) is 1. The molecular weight excluding hydrogens is 503 g/mol. The molecule has 0 radical (unpaired) electrons. The van der Waals surface area contributed by atoms with Crippen LogP contribution in [0.2, 0.25) is 0 Å². The van der Waals surface area contributed by atoms with Gasteiger partial charge in [0.1, 0.15) is 16.1 Å². The minimum absolute atomic E-state index is 0.261. The van der Waals surface area contributed by atoms with E-state index in [1.54, 1.807) is 17.0 Å². The molecule has 1 amide bonds. The van der Waals surface area contributed by atoms with Crippen molar-refractivity contribution in [3.63, 3.8) is 0 Å². The fourth-order valence-corrected chi connectivity index (χ4v) is 5.47. The van der Waals surface area contributed by atoms with Gasteiger partial charge in [0.05, 0.1) is 24.4 Å².